The number of nitrogens with zero attached hydrogens (tertiary/aromatic N) is 2. The van der Waals surface area contributed by atoms with Crippen molar-refractivity contribution < 1.29 is 9.53 Å². The normalized spacial score (nSPS) is 27.4. The third kappa shape index (κ3) is 3.22. The van der Waals surface area contributed by atoms with E-state index in [1.54, 1.807) is 0 Å². The van der Waals surface area contributed by atoms with Gasteiger partial charge in [0.15, 0.2) is 0 Å². The fraction of sp³-hybridized carbons (Fsp3) is 0.923. The first kappa shape index (κ1) is 13.8. The summed E-state index contributed by atoms with van der Waals surface area (Å²) in [4.78, 5) is 16.7. The van der Waals surface area contributed by atoms with Crippen LogP contribution < -0.4 is 5.32 Å². The van der Waals surface area contributed by atoms with Crippen LogP contribution in [0.1, 0.15) is 13.3 Å². The molecule has 5 heteroatoms. The molecule has 0 bridgehead atoms. The van der Waals surface area contributed by atoms with Crippen molar-refractivity contribution in [2.24, 2.45) is 5.92 Å². The minimum atomic E-state index is 0.0819. The molecule has 0 spiro atoms. The molecule has 18 heavy (non-hydrogen) atoms. The summed E-state index contributed by atoms with van der Waals surface area (Å²) in [7, 11) is 1.89. The number of likely N-dealkylation sites (tertiary alicyclic amines) is 1. The van der Waals surface area contributed by atoms with Gasteiger partial charge in [-0.15, -0.1) is 0 Å². The van der Waals surface area contributed by atoms with Crippen LogP contribution in [-0.2, 0) is 9.53 Å². The Hall–Kier alpha value is -0.650. The Kier molecular flexibility index (Phi) is 4.97. The molecule has 0 aliphatic carbocycles. The summed E-state index contributed by atoms with van der Waals surface area (Å²) in [5, 5.41) is 3.07. The highest BCUT2D eigenvalue weighted by Gasteiger charge is 2.32. The van der Waals surface area contributed by atoms with Crippen LogP contribution >= 0.6 is 0 Å². The van der Waals surface area contributed by atoms with Crippen LogP contribution in [-0.4, -0.2) is 74.7 Å². The maximum absolute atomic E-state index is 12.2. The average molecular weight is 255 g/mol. The summed E-state index contributed by atoms with van der Waals surface area (Å²) in [5.41, 5.74) is 0. The fourth-order valence-electron chi connectivity index (χ4n) is 2.89. The van der Waals surface area contributed by atoms with Gasteiger partial charge in [-0.05, 0) is 13.5 Å². The van der Waals surface area contributed by atoms with Crippen molar-refractivity contribution in [1.29, 1.82) is 0 Å². The molecule has 2 aliphatic heterocycles. The van der Waals surface area contributed by atoms with Crippen LogP contribution in [0, 0.1) is 5.92 Å². The van der Waals surface area contributed by atoms with Crippen LogP contribution in [0.2, 0.25) is 0 Å². The van der Waals surface area contributed by atoms with Gasteiger partial charge in [-0.3, -0.25) is 9.69 Å². The predicted octanol–water partition coefficient (Wildman–Crippen LogP) is -0.225. The van der Waals surface area contributed by atoms with Crippen molar-refractivity contribution in [3.63, 3.8) is 0 Å². The van der Waals surface area contributed by atoms with Crippen LogP contribution in [0.25, 0.3) is 0 Å². The molecule has 2 fully saturated rings. The van der Waals surface area contributed by atoms with E-state index in [-0.39, 0.29) is 5.92 Å². The molecule has 2 unspecified atom stereocenters. The number of ether oxygens (including phenoxy) is 1. The lowest BCUT2D eigenvalue weighted by molar-refractivity contribution is -0.134. The Morgan fingerprint density at radius 2 is 2.11 bits per heavy atom. The van der Waals surface area contributed by atoms with Gasteiger partial charge in [0.1, 0.15) is 0 Å². The molecule has 0 aromatic heterocycles. The summed E-state index contributed by atoms with van der Waals surface area (Å²) < 4.78 is 5.37. The number of carbonyl (C=O) groups excluding carboxylic acids is 1. The van der Waals surface area contributed by atoms with Gasteiger partial charge >= 0.3 is 0 Å². The van der Waals surface area contributed by atoms with E-state index in [2.05, 4.69) is 10.2 Å². The SMILES string of the molecule is CNCC(C)C(=O)N1CCC(N2CCOCC2)C1. The molecule has 0 aromatic carbocycles. The van der Waals surface area contributed by atoms with Crippen LogP contribution in [0.15, 0.2) is 0 Å². The summed E-state index contributed by atoms with van der Waals surface area (Å²) in [6, 6.07) is 0.541. The molecule has 104 valence electrons. The Morgan fingerprint density at radius 1 is 1.39 bits per heavy atom. The molecule has 2 heterocycles. The predicted molar refractivity (Wildman–Crippen MR) is 70.5 cm³/mol. The van der Waals surface area contributed by atoms with E-state index < -0.39 is 0 Å². The number of morpholine rings is 1. The van der Waals surface area contributed by atoms with E-state index in [9.17, 15) is 4.79 Å². The third-order valence-electron chi connectivity index (χ3n) is 3.97. The molecule has 5 nitrogen and oxygen atoms in total. The van der Waals surface area contributed by atoms with Crippen LogP contribution in [0.3, 0.4) is 0 Å². The van der Waals surface area contributed by atoms with Gasteiger partial charge in [0.25, 0.3) is 0 Å². The van der Waals surface area contributed by atoms with E-state index in [1.807, 2.05) is 18.9 Å². The minimum Gasteiger partial charge on any atom is -0.379 e. The van der Waals surface area contributed by atoms with Crippen molar-refractivity contribution in [2.45, 2.75) is 19.4 Å². The quantitative estimate of drug-likeness (QED) is 0.754. The summed E-state index contributed by atoms with van der Waals surface area (Å²) in [6.07, 6.45) is 1.11. The molecule has 0 aromatic rings. The lowest BCUT2D eigenvalue weighted by Gasteiger charge is -2.32. The molecule has 0 saturated carbocycles. The van der Waals surface area contributed by atoms with Crippen molar-refractivity contribution in [3.05, 3.63) is 0 Å². The topological polar surface area (TPSA) is 44.8 Å². The highest BCUT2D eigenvalue weighted by Crippen LogP contribution is 2.18. The molecule has 2 aliphatic rings. The van der Waals surface area contributed by atoms with E-state index in [1.165, 1.54) is 0 Å². The maximum atomic E-state index is 12.2. The first-order chi connectivity index (χ1) is 8.72. The highest BCUT2D eigenvalue weighted by atomic mass is 16.5. The molecule has 1 amide bonds. The number of hydrogen-bond acceptors (Lipinski definition) is 4. The fourth-order valence-corrected chi connectivity index (χ4v) is 2.89. The summed E-state index contributed by atoms with van der Waals surface area (Å²) in [6.45, 7) is 8.26. The van der Waals surface area contributed by atoms with Gasteiger partial charge in [0, 0.05) is 44.7 Å². The largest absolute Gasteiger partial charge is 0.379 e. The first-order valence-corrected chi connectivity index (χ1v) is 6.97. The monoisotopic (exact) mass is 255 g/mol. The molecular weight excluding hydrogens is 230 g/mol. The van der Waals surface area contributed by atoms with Crippen molar-refractivity contribution in [1.82, 2.24) is 15.1 Å². The zero-order valence-corrected chi connectivity index (χ0v) is 11.5. The van der Waals surface area contributed by atoms with Crippen LogP contribution in [0.4, 0.5) is 0 Å². The van der Waals surface area contributed by atoms with Crippen molar-refractivity contribution in [2.75, 3.05) is 53.0 Å². The Bertz CT molecular complexity index is 279. The molecular formula is C13H25N3O2. The zero-order valence-electron chi connectivity index (χ0n) is 11.5. The molecule has 2 rings (SSSR count). The molecule has 2 saturated heterocycles. The second-order valence-electron chi connectivity index (χ2n) is 5.33. The second kappa shape index (κ2) is 6.50. The van der Waals surface area contributed by atoms with Crippen molar-refractivity contribution in [3.8, 4) is 0 Å². The van der Waals surface area contributed by atoms with E-state index >= 15 is 0 Å². The summed E-state index contributed by atoms with van der Waals surface area (Å²) >= 11 is 0. The van der Waals surface area contributed by atoms with Gasteiger partial charge in [0.05, 0.1) is 13.2 Å². The number of rotatable bonds is 4. The number of nitrogens with one attached hydrogen (secondary N) is 1. The molecule has 0 radical (unpaired) electrons. The van der Waals surface area contributed by atoms with Gasteiger partial charge in [-0.25, -0.2) is 0 Å². The first-order valence-electron chi connectivity index (χ1n) is 6.97. The van der Waals surface area contributed by atoms with Crippen LogP contribution in [0.5, 0.6) is 0 Å². The third-order valence-corrected chi connectivity index (χ3v) is 3.97. The lowest BCUT2D eigenvalue weighted by atomic mass is 10.1. The Labute approximate surface area is 109 Å². The highest BCUT2D eigenvalue weighted by molar-refractivity contribution is 5.79. The van der Waals surface area contributed by atoms with Gasteiger partial charge in [-0.1, -0.05) is 6.92 Å². The average Bonchev–Trinajstić information content (AvgIpc) is 2.89. The van der Waals surface area contributed by atoms with Crippen molar-refractivity contribution >= 4 is 5.91 Å². The standard InChI is InChI=1S/C13H25N3O2/c1-11(9-14-2)13(17)16-4-3-12(10-16)15-5-7-18-8-6-15/h11-12,14H,3-10H2,1-2H3. The van der Waals surface area contributed by atoms with Gasteiger partial charge < -0.3 is 15.0 Å². The number of amides is 1. The zero-order chi connectivity index (χ0) is 13.0. The second-order valence-corrected chi connectivity index (χ2v) is 5.33. The van der Waals surface area contributed by atoms with E-state index in [4.69, 9.17) is 4.74 Å². The molecule has 2 atom stereocenters. The maximum Gasteiger partial charge on any atom is 0.226 e. The summed E-state index contributed by atoms with van der Waals surface area (Å²) in [5.74, 6) is 0.374. The Morgan fingerprint density at radius 3 is 2.78 bits per heavy atom. The van der Waals surface area contributed by atoms with Gasteiger partial charge in [-0.2, -0.15) is 0 Å². The molecule has 1 N–H and O–H groups in total. The minimum absolute atomic E-state index is 0.0819. The lowest BCUT2D eigenvalue weighted by Crippen LogP contribution is -2.46. The number of carbonyl (C=O) groups is 1. The Balaban J connectivity index is 1.81. The van der Waals surface area contributed by atoms with E-state index in [0.717, 1.165) is 52.4 Å². The van der Waals surface area contributed by atoms with Gasteiger partial charge in [0.2, 0.25) is 5.91 Å². The van der Waals surface area contributed by atoms with E-state index in [0.29, 0.717) is 11.9 Å². The smallest absolute Gasteiger partial charge is 0.226 e. The number of hydrogen-bond donors (Lipinski definition) is 1.